The van der Waals surface area contributed by atoms with E-state index in [1.807, 2.05) is 0 Å². The van der Waals surface area contributed by atoms with Crippen LogP contribution in [0.3, 0.4) is 0 Å². The van der Waals surface area contributed by atoms with E-state index in [0.29, 0.717) is 5.89 Å². The zero-order valence-corrected chi connectivity index (χ0v) is 6.03. The summed E-state index contributed by atoms with van der Waals surface area (Å²) in [5, 5.41) is 0. The van der Waals surface area contributed by atoms with Crippen LogP contribution in [0.5, 0.6) is 0 Å². The molecule has 0 aliphatic carbocycles. The first-order valence-electron chi connectivity index (χ1n) is 3.01. The van der Waals surface area contributed by atoms with Gasteiger partial charge in [-0.1, -0.05) is 0 Å². The van der Waals surface area contributed by atoms with E-state index in [9.17, 15) is 4.79 Å². The van der Waals surface area contributed by atoms with Crippen molar-refractivity contribution in [2.24, 2.45) is 5.73 Å². The molecule has 2 N–H and O–H groups in total. The molecule has 1 heterocycles. The van der Waals surface area contributed by atoms with Crippen LogP contribution in [0.25, 0.3) is 0 Å². The highest BCUT2D eigenvalue weighted by atomic mass is 16.5. The Morgan fingerprint density at radius 1 is 1.91 bits per heavy atom. The van der Waals surface area contributed by atoms with Gasteiger partial charge in [0.2, 0.25) is 11.7 Å². The second-order valence-electron chi connectivity index (χ2n) is 1.81. The maximum absolute atomic E-state index is 10.7. The molecule has 0 amide bonds. The summed E-state index contributed by atoms with van der Waals surface area (Å²) in [5.41, 5.74) is 5.20. The highest BCUT2D eigenvalue weighted by molar-refractivity contribution is 5.85. The molecule has 0 aliphatic heterocycles. The minimum Gasteiger partial charge on any atom is -0.463 e. The van der Waals surface area contributed by atoms with Crippen LogP contribution in [0.1, 0.15) is 16.4 Å². The maximum atomic E-state index is 10.7. The molecule has 0 saturated heterocycles. The highest BCUT2D eigenvalue weighted by Gasteiger charge is 2.10. The van der Waals surface area contributed by atoms with Gasteiger partial charge in [-0.05, 0) is 0 Å². The molecule has 0 spiro atoms. The number of hydrogen-bond acceptors (Lipinski definition) is 5. The first kappa shape index (κ1) is 7.74. The van der Waals surface area contributed by atoms with Gasteiger partial charge in [-0.3, -0.25) is 0 Å². The Morgan fingerprint density at radius 3 is 3.09 bits per heavy atom. The number of ether oxygens (including phenoxy) is 1. The standard InChI is InChI=1S/C6H8N2O3/c1-10-6(9)4-3-8-5(2-7)11-4/h3H,2,7H2,1H3. The minimum absolute atomic E-state index is 0.0768. The average Bonchev–Trinajstić information content (AvgIpc) is 2.50. The lowest BCUT2D eigenvalue weighted by atomic mass is 10.5. The van der Waals surface area contributed by atoms with Gasteiger partial charge in [0, 0.05) is 0 Å². The predicted octanol–water partition coefficient (Wildman–Crippen LogP) is -0.0801. The van der Waals surface area contributed by atoms with Crippen molar-refractivity contribution < 1.29 is 13.9 Å². The fourth-order valence-corrected chi connectivity index (χ4v) is 0.600. The number of carbonyl (C=O) groups excluding carboxylic acids is 1. The van der Waals surface area contributed by atoms with E-state index in [1.165, 1.54) is 13.3 Å². The van der Waals surface area contributed by atoms with Gasteiger partial charge in [-0.25, -0.2) is 9.78 Å². The van der Waals surface area contributed by atoms with Crippen LogP contribution in [-0.2, 0) is 11.3 Å². The molecule has 0 atom stereocenters. The Kier molecular flexibility index (Phi) is 2.22. The summed E-state index contributed by atoms with van der Waals surface area (Å²) in [6, 6.07) is 0. The Bertz CT molecular complexity index is 256. The lowest BCUT2D eigenvalue weighted by Gasteiger charge is -1.90. The van der Waals surface area contributed by atoms with Gasteiger partial charge in [-0.2, -0.15) is 0 Å². The van der Waals surface area contributed by atoms with Crippen LogP contribution >= 0.6 is 0 Å². The van der Waals surface area contributed by atoms with Crippen molar-refractivity contribution >= 4 is 5.97 Å². The third kappa shape index (κ3) is 1.56. The molecule has 0 unspecified atom stereocenters. The fourth-order valence-electron chi connectivity index (χ4n) is 0.600. The summed E-state index contributed by atoms with van der Waals surface area (Å²) in [4.78, 5) is 14.5. The molecule has 0 aliphatic rings. The molecular formula is C6H8N2O3. The molecule has 0 fully saturated rings. The van der Waals surface area contributed by atoms with Crippen molar-refractivity contribution in [1.29, 1.82) is 0 Å². The summed E-state index contributed by atoms with van der Waals surface area (Å²) in [5.74, 6) is -0.143. The molecule has 0 radical (unpaired) electrons. The SMILES string of the molecule is COC(=O)c1cnc(CN)o1. The average molecular weight is 156 g/mol. The second kappa shape index (κ2) is 3.16. The largest absolute Gasteiger partial charge is 0.463 e. The van der Waals surface area contributed by atoms with Crippen molar-refractivity contribution in [2.75, 3.05) is 7.11 Å². The van der Waals surface area contributed by atoms with E-state index >= 15 is 0 Å². The molecule has 1 aromatic rings. The quantitative estimate of drug-likeness (QED) is 0.606. The molecule has 1 rings (SSSR count). The molecule has 5 heteroatoms. The molecule has 60 valence electrons. The molecule has 11 heavy (non-hydrogen) atoms. The summed E-state index contributed by atoms with van der Waals surface area (Å²) < 4.78 is 9.26. The zero-order chi connectivity index (χ0) is 8.27. The monoisotopic (exact) mass is 156 g/mol. The van der Waals surface area contributed by atoms with Gasteiger partial charge in [0.25, 0.3) is 0 Å². The molecule has 0 saturated carbocycles. The Labute approximate surface area is 63.2 Å². The number of carbonyl (C=O) groups is 1. The highest BCUT2D eigenvalue weighted by Crippen LogP contribution is 2.03. The zero-order valence-electron chi connectivity index (χ0n) is 6.03. The molecular weight excluding hydrogens is 148 g/mol. The van der Waals surface area contributed by atoms with Gasteiger partial charge in [0.1, 0.15) is 0 Å². The first-order chi connectivity index (χ1) is 5.27. The topological polar surface area (TPSA) is 78.3 Å². The third-order valence-electron chi connectivity index (χ3n) is 1.11. The number of hydrogen-bond donors (Lipinski definition) is 1. The number of aromatic nitrogens is 1. The van der Waals surface area contributed by atoms with E-state index in [2.05, 4.69) is 9.72 Å². The lowest BCUT2D eigenvalue weighted by Crippen LogP contribution is -1.99. The smallest absolute Gasteiger partial charge is 0.375 e. The van der Waals surface area contributed by atoms with Crippen molar-refractivity contribution in [3.63, 3.8) is 0 Å². The Hall–Kier alpha value is -1.36. The number of nitrogens with zero attached hydrogens (tertiary/aromatic N) is 1. The Balaban J connectivity index is 2.80. The minimum atomic E-state index is -0.544. The number of oxazole rings is 1. The van der Waals surface area contributed by atoms with Crippen LogP contribution < -0.4 is 5.73 Å². The van der Waals surface area contributed by atoms with Crippen molar-refractivity contribution in [3.8, 4) is 0 Å². The molecule has 0 bridgehead atoms. The molecule has 1 aromatic heterocycles. The number of nitrogens with two attached hydrogens (primary N) is 1. The number of methoxy groups -OCH3 is 1. The predicted molar refractivity (Wildman–Crippen MR) is 35.7 cm³/mol. The number of esters is 1. The number of rotatable bonds is 2. The summed E-state index contributed by atoms with van der Waals surface area (Å²) in [6.45, 7) is 0.178. The van der Waals surface area contributed by atoms with E-state index < -0.39 is 5.97 Å². The second-order valence-corrected chi connectivity index (χ2v) is 1.81. The first-order valence-corrected chi connectivity index (χ1v) is 3.01. The van der Waals surface area contributed by atoms with E-state index in [4.69, 9.17) is 10.2 Å². The van der Waals surface area contributed by atoms with Crippen LogP contribution in [0, 0.1) is 0 Å². The maximum Gasteiger partial charge on any atom is 0.375 e. The lowest BCUT2D eigenvalue weighted by molar-refractivity contribution is 0.0563. The van der Waals surface area contributed by atoms with Crippen LogP contribution in [0.4, 0.5) is 0 Å². The molecule has 5 nitrogen and oxygen atoms in total. The normalized spacial score (nSPS) is 9.64. The van der Waals surface area contributed by atoms with Crippen molar-refractivity contribution in [2.45, 2.75) is 6.54 Å². The van der Waals surface area contributed by atoms with Crippen molar-refractivity contribution in [3.05, 3.63) is 17.8 Å². The van der Waals surface area contributed by atoms with Crippen LogP contribution in [0.2, 0.25) is 0 Å². The van der Waals surface area contributed by atoms with Gasteiger partial charge in [-0.15, -0.1) is 0 Å². The van der Waals surface area contributed by atoms with E-state index in [0.717, 1.165) is 0 Å². The summed E-state index contributed by atoms with van der Waals surface area (Å²) in [7, 11) is 1.27. The third-order valence-corrected chi connectivity index (χ3v) is 1.11. The van der Waals surface area contributed by atoms with Gasteiger partial charge in [0.05, 0.1) is 19.9 Å². The van der Waals surface area contributed by atoms with Crippen LogP contribution in [-0.4, -0.2) is 18.1 Å². The Morgan fingerprint density at radius 2 is 2.64 bits per heavy atom. The summed E-state index contributed by atoms with van der Waals surface area (Å²) >= 11 is 0. The van der Waals surface area contributed by atoms with Gasteiger partial charge >= 0.3 is 5.97 Å². The summed E-state index contributed by atoms with van der Waals surface area (Å²) in [6.07, 6.45) is 1.29. The molecule has 0 aromatic carbocycles. The van der Waals surface area contributed by atoms with E-state index in [-0.39, 0.29) is 12.3 Å². The van der Waals surface area contributed by atoms with Gasteiger partial charge < -0.3 is 14.9 Å². The fraction of sp³-hybridized carbons (Fsp3) is 0.333. The van der Waals surface area contributed by atoms with Gasteiger partial charge in [0.15, 0.2) is 0 Å². The van der Waals surface area contributed by atoms with E-state index in [1.54, 1.807) is 0 Å². The van der Waals surface area contributed by atoms with Crippen molar-refractivity contribution in [1.82, 2.24) is 4.98 Å². The van der Waals surface area contributed by atoms with Crippen LogP contribution in [0.15, 0.2) is 10.6 Å².